The summed E-state index contributed by atoms with van der Waals surface area (Å²) in [7, 11) is 0. The predicted octanol–water partition coefficient (Wildman–Crippen LogP) is 2.77. The van der Waals surface area contributed by atoms with Crippen molar-refractivity contribution in [2.75, 3.05) is 6.61 Å². The Kier molecular flexibility index (Phi) is 5.77. The summed E-state index contributed by atoms with van der Waals surface area (Å²) >= 11 is 0. The van der Waals surface area contributed by atoms with Crippen LogP contribution in [0.25, 0.3) is 0 Å². The predicted molar refractivity (Wildman–Crippen MR) is 100 cm³/mol. The quantitative estimate of drug-likeness (QED) is 0.527. The van der Waals surface area contributed by atoms with Crippen molar-refractivity contribution < 1.29 is 9.53 Å². The maximum atomic E-state index is 11.8. The first-order valence-corrected chi connectivity index (χ1v) is 8.27. The lowest BCUT2D eigenvalue weighted by Gasteiger charge is -2.05. The van der Waals surface area contributed by atoms with Crippen molar-refractivity contribution >= 4 is 12.1 Å². The van der Waals surface area contributed by atoms with Crippen LogP contribution >= 0.6 is 0 Å². The molecule has 6 nitrogen and oxygen atoms in total. The summed E-state index contributed by atoms with van der Waals surface area (Å²) in [5.41, 5.74) is 5.49. The molecule has 2 aromatic carbocycles. The summed E-state index contributed by atoms with van der Waals surface area (Å²) in [6.07, 6.45) is 5.12. The molecule has 0 saturated carbocycles. The van der Waals surface area contributed by atoms with Crippen LogP contribution in [0.4, 0.5) is 0 Å². The highest BCUT2D eigenvalue weighted by Crippen LogP contribution is 2.11. The lowest BCUT2D eigenvalue weighted by Crippen LogP contribution is -2.24. The largest absolute Gasteiger partial charge is 0.484 e. The van der Waals surface area contributed by atoms with Crippen LogP contribution in [0.3, 0.4) is 0 Å². The van der Waals surface area contributed by atoms with E-state index in [1.807, 2.05) is 72.4 Å². The van der Waals surface area contributed by atoms with E-state index in [2.05, 4.69) is 15.6 Å². The van der Waals surface area contributed by atoms with Crippen LogP contribution in [0, 0.1) is 6.92 Å². The fourth-order valence-electron chi connectivity index (χ4n) is 2.37. The van der Waals surface area contributed by atoms with Crippen molar-refractivity contribution in [3.63, 3.8) is 0 Å². The van der Waals surface area contributed by atoms with Gasteiger partial charge in [-0.15, -0.1) is 0 Å². The second-order valence-electron chi connectivity index (χ2n) is 5.86. The van der Waals surface area contributed by atoms with Crippen LogP contribution < -0.4 is 10.2 Å². The molecule has 0 fully saturated rings. The number of carbonyl (C=O) groups is 1. The number of rotatable bonds is 7. The molecule has 1 aromatic heterocycles. The van der Waals surface area contributed by atoms with Crippen molar-refractivity contribution in [1.29, 1.82) is 0 Å². The molecule has 0 unspecified atom stereocenters. The molecular weight excluding hydrogens is 328 g/mol. The Morgan fingerprint density at radius 1 is 1.23 bits per heavy atom. The summed E-state index contributed by atoms with van der Waals surface area (Å²) in [6.45, 7) is 2.56. The highest BCUT2D eigenvalue weighted by molar-refractivity contribution is 5.82. The van der Waals surface area contributed by atoms with Crippen molar-refractivity contribution in [2.45, 2.75) is 13.5 Å². The number of hydrogen-bond acceptors (Lipinski definition) is 4. The molecule has 0 bridgehead atoms. The lowest BCUT2D eigenvalue weighted by molar-refractivity contribution is -0.123. The monoisotopic (exact) mass is 348 g/mol. The number of nitrogens with one attached hydrogen (secondary N) is 1. The smallest absolute Gasteiger partial charge is 0.277 e. The summed E-state index contributed by atoms with van der Waals surface area (Å²) in [5.74, 6) is 0.339. The van der Waals surface area contributed by atoms with E-state index < -0.39 is 0 Å². The van der Waals surface area contributed by atoms with Crippen LogP contribution in [0.2, 0.25) is 0 Å². The van der Waals surface area contributed by atoms with Gasteiger partial charge in [-0.05, 0) is 30.2 Å². The number of ether oxygens (including phenoxy) is 1. The molecule has 0 spiro atoms. The van der Waals surface area contributed by atoms with E-state index in [4.69, 9.17) is 4.74 Å². The summed E-state index contributed by atoms with van der Waals surface area (Å²) < 4.78 is 7.24. The highest BCUT2D eigenvalue weighted by atomic mass is 16.5. The van der Waals surface area contributed by atoms with Gasteiger partial charge in [-0.2, -0.15) is 10.2 Å². The molecule has 132 valence electrons. The van der Waals surface area contributed by atoms with E-state index in [1.54, 1.807) is 12.4 Å². The first kappa shape index (κ1) is 17.4. The standard InChI is InChI=1S/C20H20N4O2/c1-16-6-5-9-19(10-16)26-15-20(25)23-21-11-18-12-22-24(14-18)13-17-7-3-2-4-8-17/h2-12,14H,13,15H2,1H3,(H,23,25)/b21-11-. The van der Waals surface area contributed by atoms with Crippen LogP contribution in [-0.4, -0.2) is 28.5 Å². The van der Waals surface area contributed by atoms with Crippen LogP contribution in [0.15, 0.2) is 72.1 Å². The van der Waals surface area contributed by atoms with Gasteiger partial charge in [-0.1, -0.05) is 42.5 Å². The van der Waals surface area contributed by atoms with Crippen molar-refractivity contribution in [1.82, 2.24) is 15.2 Å². The average molecular weight is 348 g/mol. The van der Waals surface area contributed by atoms with Crippen molar-refractivity contribution in [3.05, 3.63) is 83.7 Å². The van der Waals surface area contributed by atoms with Gasteiger partial charge in [0.05, 0.1) is 19.0 Å². The van der Waals surface area contributed by atoms with E-state index in [1.165, 1.54) is 5.56 Å². The Balaban J connectivity index is 1.45. The maximum Gasteiger partial charge on any atom is 0.277 e. The molecule has 0 saturated heterocycles. The number of benzene rings is 2. The zero-order valence-corrected chi connectivity index (χ0v) is 14.5. The molecule has 0 atom stereocenters. The Morgan fingerprint density at radius 3 is 2.88 bits per heavy atom. The average Bonchev–Trinajstić information content (AvgIpc) is 3.08. The van der Waals surface area contributed by atoms with E-state index in [0.29, 0.717) is 12.3 Å². The maximum absolute atomic E-state index is 11.8. The zero-order valence-electron chi connectivity index (χ0n) is 14.5. The number of carbonyl (C=O) groups excluding carboxylic acids is 1. The van der Waals surface area contributed by atoms with Gasteiger partial charge >= 0.3 is 0 Å². The number of nitrogens with zero attached hydrogens (tertiary/aromatic N) is 3. The van der Waals surface area contributed by atoms with E-state index in [0.717, 1.165) is 11.1 Å². The third-order valence-electron chi connectivity index (χ3n) is 3.60. The summed E-state index contributed by atoms with van der Waals surface area (Å²) in [4.78, 5) is 11.8. The molecule has 0 aliphatic heterocycles. The molecule has 0 radical (unpaired) electrons. The highest BCUT2D eigenvalue weighted by Gasteiger charge is 2.02. The van der Waals surface area contributed by atoms with Gasteiger partial charge in [0.2, 0.25) is 0 Å². The van der Waals surface area contributed by atoms with E-state index in [9.17, 15) is 4.79 Å². The first-order valence-electron chi connectivity index (χ1n) is 8.27. The Bertz CT molecular complexity index is 888. The lowest BCUT2D eigenvalue weighted by atomic mass is 10.2. The van der Waals surface area contributed by atoms with Gasteiger partial charge in [-0.25, -0.2) is 5.43 Å². The molecule has 6 heteroatoms. The number of aromatic nitrogens is 2. The molecular formula is C20H20N4O2. The van der Waals surface area contributed by atoms with Crippen LogP contribution in [-0.2, 0) is 11.3 Å². The number of hydrogen-bond donors (Lipinski definition) is 1. The minimum Gasteiger partial charge on any atom is -0.484 e. The molecule has 1 amide bonds. The number of aryl methyl sites for hydroxylation is 1. The summed E-state index contributed by atoms with van der Waals surface area (Å²) in [6, 6.07) is 17.6. The SMILES string of the molecule is Cc1cccc(OCC(=O)N/N=C\c2cnn(Cc3ccccc3)c2)c1. The van der Waals surface area contributed by atoms with Gasteiger partial charge < -0.3 is 4.74 Å². The molecule has 0 aliphatic rings. The van der Waals surface area contributed by atoms with Crippen molar-refractivity contribution in [3.8, 4) is 5.75 Å². The van der Waals surface area contributed by atoms with Gasteiger partial charge in [0.15, 0.2) is 6.61 Å². The second kappa shape index (κ2) is 8.62. The normalized spacial score (nSPS) is 10.8. The molecule has 0 aliphatic carbocycles. The Morgan fingerprint density at radius 2 is 2.08 bits per heavy atom. The Labute approximate surface area is 152 Å². The van der Waals surface area contributed by atoms with Crippen molar-refractivity contribution in [2.24, 2.45) is 5.10 Å². The first-order chi connectivity index (χ1) is 12.7. The van der Waals surface area contributed by atoms with Crippen LogP contribution in [0.1, 0.15) is 16.7 Å². The molecule has 1 N–H and O–H groups in total. The zero-order chi connectivity index (χ0) is 18.2. The molecule has 3 aromatic rings. The second-order valence-corrected chi connectivity index (χ2v) is 5.86. The summed E-state index contributed by atoms with van der Waals surface area (Å²) in [5, 5.41) is 8.22. The molecule has 3 rings (SSSR count). The fraction of sp³-hybridized carbons (Fsp3) is 0.150. The third kappa shape index (κ3) is 5.31. The van der Waals surface area contributed by atoms with Gasteiger partial charge in [0.25, 0.3) is 5.91 Å². The minimum absolute atomic E-state index is 0.0892. The van der Waals surface area contributed by atoms with Gasteiger partial charge in [-0.3, -0.25) is 9.48 Å². The number of amides is 1. The fourth-order valence-corrected chi connectivity index (χ4v) is 2.37. The van der Waals surface area contributed by atoms with Gasteiger partial charge in [0, 0.05) is 11.8 Å². The minimum atomic E-state index is -0.320. The van der Waals surface area contributed by atoms with E-state index >= 15 is 0 Å². The topological polar surface area (TPSA) is 68.5 Å². The number of hydrazone groups is 1. The molecule has 1 heterocycles. The van der Waals surface area contributed by atoms with Gasteiger partial charge in [0.1, 0.15) is 5.75 Å². The third-order valence-corrected chi connectivity index (χ3v) is 3.60. The van der Waals surface area contributed by atoms with Crippen LogP contribution in [0.5, 0.6) is 5.75 Å². The molecule has 26 heavy (non-hydrogen) atoms. The van der Waals surface area contributed by atoms with E-state index in [-0.39, 0.29) is 12.5 Å². The Hall–Kier alpha value is -3.41.